The van der Waals surface area contributed by atoms with E-state index in [1.54, 1.807) is 6.92 Å². The van der Waals surface area contributed by atoms with Crippen LogP contribution in [0.3, 0.4) is 0 Å². The molecule has 0 amide bonds. The third-order valence-electron chi connectivity index (χ3n) is 3.33. The van der Waals surface area contributed by atoms with E-state index in [0.29, 0.717) is 31.8 Å². The van der Waals surface area contributed by atoms with Gasteiger partial charge in [0, 0.05) is 0 Å². The molecule has 0 bridgehead atoms. The number of carbonyl (C=O) groups is 2. The number of carbonyl (C=O) groups excluding carboxylic acids is 2. The molecule has 0 fully saturated rings. The van der Waals surface area contributed by atoms with E-state index in [9.17, 15) is 19.8 Å². The Morgan fingerprint density at radius 1 is 0.842 bits per heavy atom. The second kappa shape index (κ2) is 13.7. The van der Waals surface area contributed by atoms with Crippen LogP contribution in [0.25, 0.3) is 0 Å². The van der Waals surface area contributed by atoms with Gasteiger partial charge in [-0.2, -0.15) is 0 Å². The van der Waals surface area contributed by atoms with Crippen LogP contribution in [0.5, 0.6) is 0 Å². The van der Waals surface area contributed by atoms with Gasteiger partial charge in [0.15, 0.2) is 0 Å². The SMILES string of the molecule is CC.CC.CCC[C@@](C=O)(CO)[C@@](C=O)(CC)CO. The van der Waals surface area contributed by atoms with Crippen LogP contribution in [0.1, 0.15) is 60.8 Å². The van der Waals surface area contributed by atoms with Crippen LogP contribution < -0.4 is 0 Å². The van der Waals surface area contributed by atoms with E-state index in [-0.39, 0.29) is 0 Å². The van der Waals surface area contributed by atoms with E-state index in [4.69, 9.17) is 0 Å². The Bertz CT molecular complexity index is 212. The molecule has 4 heteroatoms. The molecule has 4 nitrogen and oxygen atoms in total. The van der Waals surface area contributed by atoms with Gasteiger partial charge in [-0.25, -0.2) is 0 Å². The van der Waals surface area contributed by atoms with Crippen LogP contribution in [0, 0.1) is 10.8 Å². The standard InChI is InChI=1S/C11H20O4.2C2H6/c1-3-5-11(8-14,9-15)10(4-2,6-12)7-13;2*1-2/h6,8,13,15H,3-5,7,9H2,1-2H3;2*1-2H3/t10-,11-;;/m1../s1. The summed E-state index contributed by atoms with van der Waals surface area (Å²) in [6.45, 7) is 10.8. The first kappa shape index (κ1) is 23.4. The van der Waals surface area contributed by atoms with Gasteiger partial charge in [0.25, 0.3) is 0 Å². The topological polar surface area (TPSA) is 74.6 Å². The lowest BCUT2D eigenvalue weighted by atomic mass is 9.62. The van der Waals surface area contributed by atoms with Gasteiger partial charge >= 0.3 is 0 Å². The summed E-state index contributed by atoms with van der Waals surface area (Å²) in [6, 6.07) is 0. The van der Waals surface area contributed by atoms with Crippen LogP contribution in [0.4, 0.5) is 0 Å². The summed E-state index contributed by atoms with van der Waals surface area (Å²) in [5, 5.41) is 18.6. The zero-order valence-electron chi connectivity index (χ0n) is 13.4. The lowest BCUT2D eigenvalue weighted by Crippen LogP contribution is -2.49. The number of hydrogen-bond donors (Lipinski definition) is 2. The second-order valence-corrected chi connectivity index (χ2v) is 3.97. The van der Waals surface area contributed by atoms with Gasteiger partial charge < -0.3 is 19.8 Å². The number of aldehydes is 2. The van der Waals surface area contributed by atoms with Crippen molar-refractivity contribution < 1.29 is 19.8 Å². The molecular weight excluding hydrogens is 244 g/mol. The molecule has 0 aliphatic rings. The van der Waals surface area contributed by atoms with Crippen molar-refractivity contribution in [2.45, 2.75) is 60.8 Å². The van der Waals surface area contributed by atoms with Crippen LogP contribution >= 0.6 is 0 Å². The normalized spacial score (nSPS) is 15.6. The lowest BCUT2D eigenvalue weighted by molar-refractivity contribution is -0.144. The highest BCUT2D eigenvalue weighted by molar-refractivity contribution is 5.73. The second-order valence-electron chi connectivity index (χ2n) is 3.97. The first-order chi connectivity index (χ1) is 9.11. The maximum Gasteiger partial charge on any atom is 0.129 e. The smallest absolute Gasteiger partial charge is 0.129 e. The van der Waals surface area contributed by atoms with Crippen LogP contribution in [0.2, 0.25) is 0 Å². The van der Waals surface area contributed by atoms with Crippen molar-refractivity contribution in [2.24, 2.45) is 10.8 Å². The predicted molar refractivity (Wildman–Crippen MR) is 79.1 cm³/mol. The molecule has 0 aromatic heterocycles. The molecule has 0 aliphatic heterocycles. The van der Waals surface area contributed by atoms with Crippen molar-refractivity contribution >= 4 is 12.6 Å². The van der Waals surface area contributed by atoms with Crippen molar-refractivity contribution in [2.75, 3.05) is 13.2 Å². The van der Waals surface area contributed by atoms with Crippen LogP contribution in [0.15, 0.2) is 0 Å². The van der Waals surface area contributed by atoms with Gasteiger partial charge in [0.2, 0.25) is 0 Å². The molecule has 2 atom stereocenters. The average molecular weight is 276 g/mol. The molecule has 0 aliphatic carbocycles. The lowest BCUT2D eigenvalue weighted by Gasteiger charge is -2.41. The van der Waals surface area contributed by atoms with E-state index in [1.807, 2.05) is 34.6 Å². The molecular formula is C15H32O4. The zero-order chi connectivity index (χ0) is 15.9. The molecule has 0 rings (SSSR count). The molecule has 0 spiro atoms. The van der Waals surface area contributed by atoms with Gasteiger partial charge in [0.1, 0.15) is 12.6 Å². The van der Waals surface area contributed by atoms with Crippen molar-refractivity contribution in [1.82, 2.24) is 0 Å². The van der Waals surface area contributed by atoms with E-state index in [2.05, 4.69) is 0 Å². The Morgan fingerprint density at radius 2 is 1.21 bits per heavy atom. The zero-order valence-corrected chi connectivity index (χ0v) is 13.4. The molecule has 0 aromatic carbocycles. The minimum Gasteiger partial charge on any atom is -0.395 e. The first-order valence-electron chi connectivity index (χ1n) is 7.26. The Labute approximate surface area is 118 Å². The third-order valence-corrected chi connectivity index (χ3v) is 3.33. The molecule has 0 saturated heterocycles. The highest BCUT2D eigenvalue weighted by Crippen LogP contribution is 2.42. The Morgan fingerprint density at radius 3 is 1.37 bits per heavy atom. The minimum absolute atomic E-state index is 0.340. The van der Waals surface area contributed by atoms with E-state index < -0.39 is 24.0 Å². The van der Waals surface area contributed by atoms with Crippen LogP contribution in [-0.2, 0) is 9.59 Å². The molecule has 0 aromatic rings. The summed E-state index contributed by atoms with van der Waals surface area (Å²) in [7, 11) is 0. The van der Waals surface area contributed by atoms with Crippen molar-refractivity contribution in [3.8, 4) is 0 Å². The molecule has 19 heavy (non-hydrogen) atoms. The molecule has 2 N–H and O–H groups in total. The van der Waals surface area contributed by atoms with Gasteiger partial charge in [-0.05, 0) is 12.8 Å². The van der Waals surface area contributed by atoms with Gasteiger partial charge in [-0.15, -0.1) is 0 Å². The largest absolute Gasteiger partial charge is 0.395 e. The van der Waals surface area contributed by atoms with E-state index in [0.717, 1.165) is 0 Å². The van der Waals surface area contributed by atoms with Gasteiger partial charge in [0.05, 0.1) is 24.0 Å². The summed E-state index contributed by atoms with van der Waals surface area (Å²) < 4.78 is 0. The number of aliphatic hydroxyl groups excluding tert-OH is 2. The van der Waals surface area contributed by atoms with E-state index in [1.165, 1.54) is 0 Å². The minimum atomic E-state index is -1.15. The summed E-state index contributed by atoms with van der Waals surface area (Å²) in [4.78, 5) is 22.2. The summed E-state index contributed by atoms with van der Waals surface area (Å²) in [5.74, 6) is 0. The predicted octanol–water partition coefficient (Wildman–Crippen LogP) is 2.60. The fraction of sp³-hybridized carbons (Fsp3) is 0.867. The summed E-state index contributed by atoms with van der Waals surface area (Å²) in [6.07, 6.45) is 2.64. The highest BCUT2D eigenvalue weighted by Gasteiger charge is 2.49. The third kappa shape index (κ3) is 5.41. The fourth-order valence-corrected chi connectivity index (χ4v) is 2.00. The maximum atomic E-state index is 11.1. The average Bonchev–Trinajstić information content (AvgIpc) is 2.52. The first-order valence-corrected chi connectivity index (χ1v) is 7.26. The molecule has 0 unspecified atom stereocenters. The van der Waals surface area contributed by atoms with Crippen LogP contribution in [-0.4, -0.2) is 36.0 Å². The van der Waals surface area contributed by atoms with E-state index >= 15 is 0 Å². The van der Waals surface area contributed by atoms with Gasteiger partial charge in [-0.1, -0.05) is 48.0 Å². The van der Waals surface area contributed by atoms with Crippen molar-refractivity contribution in [3.05, 3.63) is 0 Å². The molecule has 116 valence electrons. The number of rotatable bonds is 8. The van der Waals surface area contributed by atoms with Crippen molar-refractivity contribution in [1.29, 1.82) is 0 Å². The maximum absolute atomic E-state index is 11.1. The molecule has 0 saturated carbocycles. The molecule has 0 heterocycles. The monoisotopic (exact) mass is 276 g/mol. The highest BCUT2D eigenvalue weighted by atomic mass is 16.3. The summed E-state index contributed by atoms with van der Waals surface area (Å²) in [5.41, 5.74) is -2.30. The quantitative estimate of drug-likeness (QED) is 0.668. The Hall–Kier alpha value is -0.740. The number of hydrogen-bond acceptors (Lipinski definition) is 4. The Balaban J connectivity index is -0.000000579. The van der Waals surface area contributed by atoms with Gasteiger partial charge in [-0.3, -0.25) is 0 Å². The fourth-order valence-electron chi connectivity index (χ4n) is 2.00. The summed E-state index contributed by atoms with van der Waals surface area (Å²) >= 11 is 0. The molecule has 0 radical (unpaired) electrons. The Kier molecular flexibility index (Phi) is 16.8. The number of aliphatic hydroxyl groups is 2. The van der Waals surface area contributed by atoms with Crippen molar-refractivity contribution in [3.63, 3.8) is 0 Å².